The summed E-state index contributed by atoms with van der Waals surface area (Å²) in [4.78, 5) is 17.6. The number of amides is 1. The molecule has 1 amide bonds. The van der Waals surface area contributed by atoms with Gasteiger partial charge in [0.15, 0.2) is 17.6 Å². The molecule has 4 rings (SSSR count). The predicted octanol–water partition coefficient (Wildman–Crippen LogP) is 3.86. The highest BCUT2D eigenvalue weighted by molar-refractivity contribution is 7.09. The Morgan fingerprint density at radius 1 is 1.29 bits per heavy atom. The van der Waals surface area contributed by atoms with Gasteiger partial charge in [-0.1, -0.05) is 12.1 Å². The Morgan fingerprint density at radius 3 is 2.96 bits per heavy atom. The van der Waals surface area contributed by atoms with Crippen molar-refractivity contribution in [2.75, 3.05) is 13.2 Å². The van der Waals surface area contributed by atoms with Gasteiger partial charge in [-0.2, -0.15) is 0 Å². The zero-order valence-electron chi connectivity index (χ0n) is 13.1. The van der Waals surface area contributed by atoms with Crippen LogP contribution in [0.15, 0.2) is 29.6 Å². The standard InChI is InChI=1S/C17H18N2O4S/c20-17(21)19-8-4-3-5-12(19)11-10-24-16(18-11)15-9-22-13-6-1-2-7-14(13)23-15/h1-2,6-7,10,12,15H,3-5,8-9H2,(H,20,21)/t12-,15?/m1/s1. The second kappa shape index (κ2) is 6.32. The van der Waals surface area contributed by atoms with Gasteiger partial charge in [0.25, 0.3) is 0 Å². The van der Waals surface area contributed by atoms with Gasteiger partial charge in [-0.05, 0) is 31.4 Å². The largest absolute Gasteiger partial charge is 0.485 e. The fourth-order valence-corrected chi connectivity index (χ4v) is 4.09. The van der Waals surface area contributed by atoms with Crippen LogP contribution in [0.3, 0.4) is 0 Å². The number of fused-ring (bicyclic) bond motifs is 1. The molecule has 24 heavy (non-hydrogen) atoms. The van der Waals surface area contributed by atoms with Gasteiger partial charge in [-0.15, -0.1) is 11.3 Å². The molecule has 3 heterocycles. The Kier molecular flexibility index (Phi) is 4.02. The molecule has 1 saturated heterocycles. The van der Waals surface area contributed by atoms with Gasteiger partial charge in [0.05, 0.1) is 11.7 Å². The maximum absolute atomic E-state index is 11.4. The van der Waals surface area contributed by atoms with Crippen molar-refractivity contribution < 1.29 is 19.4 Å². The van der Waals surface area contributed by atoms with Crippen molar-refractivity contribution in [2.24, 2.45) is 0 Å². The molecule has 2 atom stereocenters. The highest BCUT2D eigenvalue weighted by Gasteiger charge is 2.31. The molecular formula is C17H18N2O4S. The van der Waals surface area contributed by atoms with Crippen LogP contribution in [0.1, 0.15) is 42.1 Å². The van der Waals surface area contributed by atoms with Crippen molar-refractivity contribution in [3.05, 3.63) is 40.3 Å². The molecule has 1 aromatic heterocycles. The summed E-state index contributed by atoms with van der Waals surface area (Å²) in [5.74, 6) is 1.46. The zero-order chi connectivity index (χ0) is 16.5. The van der Waals surface area contributed by atoms with E-state index in [-0.39, 0.29) is 12.1 Å². The SMILES string of the molecule is O=C(O)N1CCCC[C@@H]1c1csc(C2COc3ccccc3O2)n1. The van der Waals surface area contributed by atoms with Crippen LogP contribution in [0.5, 0.6) is 11.5 Å². The van der Waals surface area contributed by atoms with Gasteiger partial charge in [-0.25, -0.2) is 9.78 Å². The molecule has 2 aliphatic heterocycles. The van der Waals surface area contributed by atoms with E-state index < -0.39 is 6.09 Å². The summed E-state index contributed by atoms with van der Waals surface area (Å²) in [6, 6.07) is 7.42. The molecule has 0 saturated carbocycles. The summed E-state index contributed by atoms with van der Waals surface area (Å²) in [5, 5.41) is 12.2. The lowest BCUT2D eigenvalue weighted by atomic mass is 10.0. The number of nitrogens with zero attached hydrogens (tertiary/aromatic N) is 2. The number of para-hydroxylation sites is 2. The zero-order valence-corrected chi connectivity index (χ0v) is 13.9. The van der Waals surface area contributed by atoms with Crippen LogP contribution in [0.25, 0.3) is 0 Å². The number of ether oxygens (including phenoxy) is 2. The summed E-state index contributed by atoms with van der Waals surface area (Å²) in [6.45, 7) is 0.987. The third-order valence-corrected chi connectivity index (χ3v) is 5.37. The van der Waals surface area contributed by atoms with Gasteiger partial charge in [-0.3, -0.25) is 4.90 Å². The minimum Gasteiger partial charge on any atom is -0.485 e. The third kappa shape index (κ3) is 2.80. The normalized spacial score (nSPS) is 23.1. The molecule has 126 valence electrons. The molecule has 7 heteroatoms. The van der Waals surface area contributed by atoms with E-state index in [4.69, 9.17) is 9.47 Å². The lowest BCUT2D eigenvalue weighted by Crippen LogP contribution is -2.37. The van der Waals surface area contributed by atoms with Gasteiger partial charge in [0.1, 0.15) is 11.6 Å². The number of rotatable bonds is 2. The van der Waals surface area contributed by atoms with Crippen LogP contribution >= 0.6 is 11.3 Å². The molecule has 1 unspecified atom stereocenters. The highest BCUT2D eigenvalue weighted by Crippen LogP contribution is 2.38. The van der Waals surface area contributed by atoms with E-state index in [1.54, 1.807) is 0 Å². The third-order valence-electron chi connectivity index (χ3n) is 4.41. The van der Waals surface area contributed by atoms with Crippen molar-refractivity contribution >= 4 is 17.4 Å². The van der Waals surface area contributed by atoms with Gasteiger partial charge in [0, 0.05) is 11.9 Å². The van der Waals surface area contributed by atoms with E-state index in [1.807, 2.05) is 29.6 Å². The first-order valence-electron chi connectivity index (χ1n) is 8.06. The number of hydrogen-bond donors (Lipinski definition) is 1. The quantitative estimate of drug-likeness (QED) is 0.894. The average Bonchev–Trinajstić information content (AvgIpc) is 3.11. The summed E-state index contributed by atoms with van der Waals surface area (Å²) < 4.78 is 11.7. The molecule has 2 aliphatic rings. The van der Waals surface area contributed by atoms with Crippen LogP contribution in [-0.4, -0.2) is 34.2 Å². The number of thiazole rings is 1. The molecule has 0 aliphatic carbocycles. The molecule has 1 N–H and O–H groups in total. The lowest BCUT2D eigenvalue weighted by Gasteiger charge is -2.32. The van der Waals surface area contributed by atoms with Crippen LogP contribution in [-0.2, 0) is 0 Å². The minimum absolute atomic E-state index is 0.155. The molecule has 0 radical (unpaired) electrons. The van der Waals surface area contributed by atoms with E-state index in [0.29, 0.717) is 13.2 Å². The van der Waals surface area contributed by atoms with E-state index >= 15 is 0 Å². The summed E-state index contributed by atoms with van der Waals surface area (Å²) in [7, 11) is 0. The van der Waals surface area contributed by atoms with Crippen molar-refractivity contribution in [3.63, 3.8) is 0 Å². The number of piperidine rings is 1. The summed E-state index contributed by atoms with van der Waals surface area (Å²) >= 11 is 1.50. The van der Waals surface area contributed by atoms with Gasteiger partial charge in [0.2, 0.25) is 0 Å². The fraction of sp³-hybridized carbons (Fsp3) is 0.412. The number of carboxylic acid groups (broad SMARTS) is 1. The van der Waals surface area contributed by atoms with Crippen molar-refractivity contribution in [1.29, 1.82) is 0 Å². The molecule has 1 aromatic carbocycles. The topological polar surface area (TPSA) is 71.9 Å². The number of benzene rings is 1. The van der Waals surface area contributed by atoms with Gasteiger partial charge >= 0.3 is 6.09 Å². The Balaban J connectivity index is 1.54. The number of carbonyl (C=O) groups is 1. The second-order valence-corrected chi connectivity index (χ2v) is 6.85. The van der Waals surface area contributed by atoms with E-state index in [1.165, 1.54) is 16.2 Å². The predicted molar refractivity (Wildman–Crippen MR) is 88.7 cm³/mol. The van der Waals surface area contributed by atoms with E-state index in [0.717, 1.165) is 41.5 Å². The van der Waals surface area contributed by atoms with Crippen LogP contribution in [0.2, 0.25) is 0 Å². The van der Waals surface area contributed by atoms with Crippen LogP contribution < -0.4 is 9.47 Å². The second-order valence-electron chi connectivity index (χ2n) is 5.96. The Morgan fingerprint density at radius 2 is 2.12 bits per heavy atom. The Hall–Kier alpha value is -2.28. The molecule has 6 nitrogen and oxygen atoms in total. The maximum Gasteiger partial charge on any atom is 0.407 e. The molecular weight excluding hydrogens is 328 g/mol. The molecule has 0 bridgehead atoms. The summed E-state index contributed by atoms with van der Waals surface area (Å²) in [6.07, 6.45) is 1.63. The average molecular weight is 346 g/mol. The van der Waals surface area contributed by atoms with Crippen molar-refractivity contribution in [1.82, 2.24) is 9.88 Å². The Labute approximate surface area is 143 Å². The van der Waals surface area contributed by atoms with E-state index in [2.05, 4.69) is 4.98 Å². The van der Waals surface area contributed by atoms with E-state index in [9.17, 15) is 9.90 Å². The highest BCUT2D eigenvalue weighted by atomic mass is 32.1. The van der Waals surface area contributed by atoms with Crippen LogP contribution in [0.4, 0.5) is 4.79 Å². The molecule has 0 spiro atoms. The summed E-state index contributed by atoms with van der Waals surface area (Å²) in [5.41, 5.74) is 0.819. The first-order valence-corrected chi connectivity index (χ1v) is 8.93. The Bertz CT molecular complexity index is 748. The first kappa shape index (κ1) is 15.3. The molecule has 2 aromatic rings. The van der Waals surface area contributed by atoms with Gasteiger partial charge < -0.3 is 14.6 Å². The smallest absolute Gasteiger partial charge is 0.407 e. The number of aromatic nitrogens is 1. The first-order chi connectivity index (χ1) is 11.7. The molecule has 1 fully saturated rings. The lowest BCUT2D eigenvalue weighted by molar-refractivity contribution is 0.0898. The monoisotopic (exact) mass is 346 g/mol. The van der Waals surface area contributed by atoms with Crippen LogP contribution in [0, 0.1) is 0 Å². The maximum atomic E-state index is 11.4. The number of likely N-dealkylation sites (tertiary alicyclic amines) is 1. The van der Waals surface area contributed by atoms with Crippen molar-refractivity contribution in [2.45, 2.75) is 31.4 Å². The van der Waals surface area contributed by atoms with Crippen molar-refractivity contribution in [3.8, 4) is 11.5 Å². The fourth-order valence-electron chi connectivity index (χ4n) is 3.21. The minimum atomic E-state index is -0.875. The number of hydrogen-bond acceptors (Lipinski definition) is 5.